The van der Waals surface area contributed by atoms with Crippen LogP contribution in [0.5, 0.6) is 11.5 Å². The number of para-hydroxylation sites is 2. The van der Waals surface area contributed by atoms with Crippen molar-refractivity contribution in [3.8, 4) is 11.5 Å². The van der Waals surface area contributed by atoms with Crippen LogP contribution in [-0.4, -0.2) is 4.57 Å². The topological polar surface area (TPSA) is 14.2 Å². The maximum atomic E-state index is 6.20. The number of ether oxygens (including phenoxy) is 1. The van der Waals surface area contributed by atoms with Crippen LogP contribution in [0, 0.1) is 13.8 Å². The Labute approximate surface area is 135 Å². The minimum atomic E-state index is 0.912. The van der Waals surface area contributed by atoms with E-state index in [4.69, 9.17) is 4.74 Å². The predicted molar refractivity (Wildman–Crippen MR) is 96.4 cm³/mol. The largest absolute Gasteiger partial charge is 0.457 e. The Morgan fingerprint density at radius 2 is 1.43 bits per heavy atom. The summed E-state index contributed by atoms with van der Waals surface area (Å²) in [7, 11) is 2.12. The Balaban J connectivity index is 1.93. The van der Waals surface area contributed by atoms with Crippen molar-refractivity contribution in [1.82, 2.24) is 4.57 Å². The van der Waals surface area contributed by atoms with Crippen LogP contribution in [0.2, 0.25) is 0 Å². The van der Waals surface area contributed by atoms with E-state index < -0.39 is 0 Å². The molecule has 0 aliphatic heterocycles. The number of rotatable bonds is 2. The molecule has 0 aliphatic rings. The van der Waals surface area contributed by atoms with E-state index >= 15 is 0 Å². The quantitative estimate of drug-likeness (QED) is 0.460. The third kappa shape index (κ3) is 2.18. The van der Waals surface area contributed by atoms with E-state index in [9.17, 15) is 0 Å². The van der Waals surface area contributed by atoms with Crippen molar-refractivity contribution < 1.29 is 4.74 Å². The number of benzene rings is 3. The summed E-state index contributed by atoms with van der Waals surface area (Å²) in [6, 6.07) is 21.0. The SMILES string of the molecule is Cc1ccccc1Oc1cc2c3ccccc3n(C)c2cc1C. The van der Waals surface area contributed by atoms with Gasteiger partial charge in [-0.25, -0.2) is 0 Å². The second-order valence-electron chi connectivity index (χ2n) is 6.08. The van der Waals surface area contributed by atoms with Gasteiger partial charge in [0.2, 0.25) is 0 Å². The van der Waals surface area contributed by atoms with Gasteiger partial charge in [-0.3, -0.25) is 0 Å². The minimum absolute atomic E-state index is 0.912. The molecule has 1 heterocycles. The molecule has 0 fully saturated rings. The zero-order valence-corrected chi connectivity index (χ0v) is 13.6. The number of fused-ring (bicyclic) bond motifs is 3. The molecule has 0 saturated heterocycles. The maximum Gasteiger partial charge on any atom is 0.131 e. The van der Waals surface area contributed by atoms with Crippen LogP contribution in [0.15, 0.2) is 60.7 Å². The molecular formula is C21H19NO. The van der Waals surface area contributed by atoms with Gasteiger partial charge in [0.1, 0.15) is 11.5 Å². The predicted octanol–water partition coefficient (Wildman–Crippen LogP) is 5.74. The molecule has 1 aromatic heterocycles. The average molecular weight is 301 g/mol. The van der Waals surface area contributed by atoms with Gasteiger partial charge in [-0.05, 0) is 49.2 Å². The fraction of sp³-hybridized carbons (Fsp3) is 0.143. The first-order chi connectivity index (χ1) is 11.1. The summed E-state index contributed by atoms with van der Waals surface area (Å²) in [5, 5.41) is 2.50. The normalized spacial score (nSPS) is 11.3. The third-order valence-electron chi connectivity index (χ3n) is 4.52. The average Bonchev–Trinajstić information content (AvgIpc) is 2.83. The summed E-state index contributed by atoms with van der Waals surface area (Å²) in [6.45, 7) is 4.17. The highest BCUT2D eigenvalue weighted by Crippen LogP contribution is 2.35. The van der Waals surface area contributed by atoms with Gasteiger partial charge in [-0.2, -0.15) is 0 Å². The van der Waals surface area contributed by atoms with E-state index in [1.54, 1.807) is 0 Å². The zero-order chi connectivity index (χ0) is 16.0. The lowest BCUT2D eigenvalue weighted by Gasteiger charge is -2.11. The third-order valence-corrected chi connectivity index (χ3v) is 4.52. The molecule has 0 atom stereocenters. The van der Waals surface area contributed by atoms with Gasteiger partial charge in [-0.1, -0.05) is 36.4 Å². The van der Waals surface area contributed by atoms with E-state index in [2.05, 4.69) is 67.9 Å². The molecule has 114 valence electrons. The van der Waals surface area contributed by atoms with Gasteiger partial charge in [0, 0.05) is 28.9 Å². The number of aryl methyl sites for hydroxylation is 3. The fourth-order valence-corrected chi connectivity index (χ4v) is 3.19. The molecule has 2 nitrogen and oxygen atoms in total. The molecule has 0 bridgehead atoms. The van der Waals surface area contributed by atoms with Crippen LogP contribution in [-0.2, 0) is 7.05 Å². The van der Waals surface area contributed by atoms with E-state index in [-0.39, 0.29) is 0 Å². The highest BCUT2D eigenvalue weighted by atomic mass is 16.5. The number of hydrogen-bond donors (Lipinski definition) is 0. The smallest absolute Gasteiger partial charge is 0.131 e. The van der Waals surface area contributed by atoms with E-state index in [0.717, 1.165) is 22.6 Å². The van der Waals surface area contributed by atoms with Gasteiger partial charge in [-0.15, -0.1) is 0 Å². The summed E-state index contributed by atoms with van der Waals surface area (Å²) >= 11 is 0. The van der Waals surface area contributed by atoms with Crippen LogP contribution < -0.4 is 4.74 Å². The first kappa shape index (κ1) is 13.9. The molecular weight excluding hydrogens is 282 g/mol. The van der Waals surface area contributed by atoms with E-state index in [1.165, 1.54) is 21.8 Å². The maximum absolute atomic E-state index is 6.20. The molecule has 0 unspecified atom stereocenters. The lowest BCUT2D eigenvalue weighted by molar-refractivity contribution is 0.476. The van der Waals surface area contributed by atoms with Gasteiger partial charge >= 0.3 is 0 Å². The molecule has 23 heavy (non-hydrogen) atoms. The van der Waals surface area contributed by atoms with Crippen LogP contribution in [0.1, 0.15) is 11.1 Å². The molecule has 0 saturated carbocycles. The van der Waals surface area contributed by atoms with Crippen LogP contribution in [0.4, 0.5) is 0 Å². The molecule has 4 aromatic rings. The van der Waals surface area contributed by atoms with Gasteiger partial charge < -0.3 is 9.30 Å². The Bertz CT molecular complexity index is 1030. The summed E-state index contributed by atoms with van der Waals surface area (Å²) in [5.74, 6) is 1.83. The van der Waals surface area contributed by atoms with Crippen molar-refractivity contribution in [2.24, 2.45) is 7.05 Å². The Kier molecular flexibility index (Phi) is 3.12. The molecule has 0 radical (unpaired) electrons. The number of nitrogens with zero attached hydrogens (tertiary/aromatic N) is 1. The number of aromatic nitrogens is 1. The van der Waals surface area contributed by atoms with Crippen molar-refractivity contribution in [2.75, 3.05) is 0 Å². The zero-order valence-electron chi connectivity index (χ0n) is 13.6. The van der Waals surface area contributed by atoms with Gasteiger partial charge in [0.05, 0.1) is 0 Å². The second-order valence-corrected chi connectivity index (χ2v) is 6.08. The summed E-state index contributed by atoms with van der Waals surface area (Å²) in [4.78, 5) is 0. The standard InChI is InChI=1S/C21H19NO/c1-14-8-4-7-11-20(14)23-21-13-17-16-9-5-6-10-18(16)22(3)19(17)12-15(21)2/h4-13H,1-3H3. The van der Waals surface area contributed by atoms with Gasteiger partial charge in [0.25, 0.3) is 0 Å². The molecule has 0 N–H and O–H groups in total. The molecule has 0 aliphatic carbocycles. The highest BCUT2D eigenvalue weighted by molar-refractivity contribution is 6.08. The van der Waals surface area contributed by atoms with E-state index in [0.29, 0.717) is 0 Å². The Hall–Kier alpha value is -2.74. The lowest BCUT2D eigenvalue weighted by Crippen LogP contribution is -1.91. The first-order valence-electron chi connectivity index (χ1n) is 7.86. The number of hydrogen-bond acceptors (Lipinski definition) is 1. The second kappa shape index (κ2) is 5.17. The van der Waals surface area contributed by atoms with Gasteiger partial charge in [0.15, 0.2) is 0 Å². The van der Waals surface area contributed by atoms with Crippen molar-refractivity contribution in [1.29, 1.82) is 0 Å². The first-order valence-corrected chi connectivity index (χ1v) is 7.86. The summed E-state index contributed by atoms with van der Waals surface area (Å²) in [6.07, 6.45) is 0. The molecule has 0 amide bonds. The van der Waals surface area contributed by atoms with Crippen molar-refractivity contribution >= 4 is 21.8 Å². The molecule has 0 spiro atoms. The Morgan fingerprint density at radius 3 is 2.26 bits per heavy atom. The van der Waals surface area contributed by atoms with Crippen LogP contribution in [0.3, 0.4) is 0 Å². The summed E-state index contributed by atoms with van der Waals surface area (Å²) in [5.41, 5.74) is 4.77. The summed E-state index contributed by atoms with van der Waals surface area (Å²) < 4.78 is 8.44. The van der Waals surface area contributed by atoms with Crippen molar-refractivity contribution in [2.45, 2.75) is 13.8 Å². The van der Waals surface area contributed by atoms with Crippen LogP contribution in [0.25, 0.3) is 21.8 Å². The van der Waals surface area contributed by atoms with E-state index in [1.807, 2.05) is 18.2 Å². The molecule has 3 aromatic carbocycles. The lowest BCUT2D eigenvalue weighted by atomic mass is 10.1. The minimum Gasteiger partial charge on any atom is -0.457 e. The highest BCUT2D eigenvalue weighted by Gasteiger charge is 2.12. The monoisotopic (exact) mass is 301 g/mol. The van der Waals surface area contributed by atoms with Crippen molar-refractivity contribution in [3.63, 3.8) is 0 Å². The molecule has 2 heteroatoms. The molecule has 4 rings (SSSR count). The van der Waals surface area contributed by atoms with Crippen LogP contribution >= 0.6 is 0 Å². The Morgan fingerprint density at radius 1 is 0.696 bits per heavy atom. The fourth-order valence-electron chi connectivity index (χ4n) is 3.19. The van der Waals surface area contributed by atoms with Crippen molar-refractivity contribution in [3.05, 3.63) is 71.8 Å².